The quantitative estimate of drug-likeness (QED) is 0.0802. The van der Waals surface area contributed by atoms with Crippen molar-refractivity contribution in [3.63, 3.8) is 0 Å². The standard InChI is InChI=1S/C25H31O11P3/c1-4-5-6-7-11-14-22(37(27,28)29)24(2,3)36-25(38(30,31)32,39(33,34)35)21-17-15-20(16-18-21)23(26)19-12-9-8-10-13-19/h4-6,8-10,12-18H,1,7,11H2,2-3H3,(H2,27,28,29)(H2,30,31,32)(H2,33,34,35)/b6-5+,22-14-. The van der Waals surface area contributed by atoms with E-state index in [9.17, 15) is 47.9 Å². The average molecular weight is 600 g/mol. The number of benzene rings is 2. The minimum Gasteiger partial charge on any atom is -0.337 e. The second kappa shape index (κ2) is 12.5. The molecule has 11 nitrogen and oxygen atoms in total. The normalized spacial score (nSPS) is 14.0. The van der Waals surface area contributed by atoms with Crippen molar-refractivity contribution in [1.82, 2.24) is 0 Å². The van der Waals surface area contributed by atoms with Crippen molar-refractivity contribution in [3.8, 4) is 0 Å². The molecule has 6 N–H and O–H groups in total. The van der Waals surface area contributed by atoms with Crippen molar-refractivity contribution in [2.75, 3.05) is 0 Å². The van der Waals surface area contributed by atoms with Gasteiger partial charge in [-0.3, -0.25) is 18.5 Å². The van der Waals surface area contributed by atoms with Gasteiger partial charge in [0.2, 0.25) is 0 Å². The zero-order chi connectivity index (χ0) is 29.7. The van der Waals surface area contributed by atoms with Crippen LogP contribution in [-0.4, -0.2) is 40.7 Å². The van der Waals surface area contributed by atoms with Crippen molar-refractivity contribution in [2.45, 2.75) is 37.4 Å². The summed E-state index contributed by atoms with van der Waals surface area (Å²) in [5.41, 5.74) is -2.63. The maximum atomic E-state index is 12.8. The molecule has 2 rings (SSSR count). The molecule has 0 heterocycles. The van der Waals surface area contributed by atoms with Crippen molar-refractivity contribution in [1.29, 1.82) is 0 Å². The summed E-state index contributed by atoms with van der Waals surface area (Å²) in [5.74, 6) is -0.460. The number of carbonyl (C=O) groups excluding carboxylic acids is 1. The van der Waals surface area contributed by atoms with Gasteiger partial charge in [-0.2, -0.15) is 0 Å². The fourth-order valence-electron chi connectivity index (χ4n) is 3.91. The maximum absolute atomic E-state index is 12.8. The highest BCUT2D eigenvalue weighted by molar-refractivity contribution is 7.71. The van der Waals surface area contributed by atoms with E-state index in [2.05, 4.69) is 6.58 Å². The van der Waals surface area contributed by atoms with Gasteiger partial charge < -0.3 is 34.1 Å². The summed E-state index contributed by atoms with van der Waals surface area (Å²) in [6.07, 6.45) is 6.22. The Labute approximate surface area is 226 Å². The van der Waals surface area contributed by atoms with E-state index >= 15 is 0 Å². The molecular weight excluding hydrogens is 569 g/mol. The fraction of sp³-hybridized carbons (Fsp3) is 0.240. The predicted molar refractivity (Wildman–Crippen MR) is 146 cm³/mol. The molecular formula is C25H31O11P3. The van der Waals surface area contributed by atoms with Gasteiger partial charge in [0.25, 0.3) is 5.08 Å². The third-order valence-corrected chi connectivity index (χ3v) is 10.8. The van der Waals surface area contributed by atoms with Crippen molar-refractivity contribution >= 4 is 28.6 Å². The van der Waals surface area contributed by atoms with Crippen LogP contribution in [0.4, 0.5) is 0 Å². The summed E-state index contributed by atoms with van der Waals surface area (Å²) in [5, 5.41) is -4.39. The third-order valence-electron chi connectivity index (χ3n) is 5.62. The van der Waals surface area contributed by atoms with E-state index in [1.165, 1.54) is 6.08 Å². The van der Waals surface area contributed by atoms with Gasteiger partial charge in [-0.15, -0.1) is 0 Å². The lowest BCUT2D eigenvalue weighted by Gasteiger charge is -2.41. The van der Waals surface area contributed by atoms with Crippen LogP contribution in [0.2, 0.25) is 0 Å². The van der Waals surface area contributed by atoms with E-state index in [4.69, 9.17) is 4.74 Å². The Bertz CT molecular complexity index is 1360. The van der Waals surface area contributed by atoms with Crippen molar-refractivity contribution in [2.24, 2.45) is 0 Å². The molecule has 0 aliphatic rings. The fourth-order valence-corrected chi connectivity index (χ4v) is 8.05. The Hall–Kier alpha value is -2.26. The monoisotopic (exact) mass is 600 g/mol. The molecule has 2 aromatic carbocycles. The minimum absolute atomic E-state index is 0.0536. The Morgan fingerprint density at radius 2 is 1.36 bits per heavy atom. The van der Waals surface area contributed by atoms with E-state index in [0.29, 0.717) is 12.0 Å². The van der Waals surface area contributed by atoms with Gasteiger partial charge in [-0.05, 0) is 26.7 Å². The maximum Gasteiger partial charge on any atom is 0.374 e. The molecule has 0 fully saturated rings. The first-order valence-electron chi connectivity index (χ1n) is 11.4. The van der Waals surface area contributed by atoms with Gasteiger partial charge in [0.15, 0.2) is 5.78 Å². The molecule has 212 valence electrons. The van der Waals surface area contributed by atoms with E-state index < -0.39 is 50.1 Å². The number of ether oxygens (including phenoxy) is 1. The van der Waals surface area contributed by atoms with Crippen LogP contribution in [0.1, 0.15) is 48.2 Å². The molecule has 0 saturated carbocycles. The molecule has 0 amide bonds. The number of hydrogen-bond donors (Lipinski definition) is 6. The number of rotatable bonds is 13. The summed E-state index contributed by atoms with van der Waals surface area (Å²) < 4.78 is 43.4. The van der Waals surface area contributed by atoms with Crippen molar-refractivity contribution < 1.29 is 52.6 Å². The molecule has 2 aromatic rings. The Balaban J connectivity index is 2.67. The number of allylic oxidation sites excluding steroid dienone is 4. The van der Waals surface area contributed by atoms with Gasteiger partial charge in [0.05, 0.1) is 10.9 Å². The van der Waals surface area contributed by atoms with Gasteiger partial charge in [-0.25, -0.2) is 0 Å². The number of unbranched alkanes of at least 4 members (excludes halogenated alkanes) is 1. The largest absolute Gasteiger partial charge is 0.374 e. The molecule has 0 radical (unpaired) electrons. The van der Waals surface area contributed by atoms with Gasteiger partial charge in [0.1, 0.15) is 0 Å². The van der Waals surface area contributed by atoms with Crippen molar-refractivity contribution in [3.05, 3.63) is 107 Å². The lowest BCUT2D eigenvalue weighted by molar-refractivity contribution is -0.0557. The molecule has 0 aromatic heterocycles. The first kappa shape index (κ1) is 32.9. The molecule has 39 heavy (non-hydrogen) atoms. The molecule has 0 aliphatic heterocycles. The zero-order valence-electron chi connectivity index (χ0n) is 21.2. The molecule has 0 unspecified atom stereocenters. The zero-order valence-corrected chi connectivity index (χ0v) is 23.9. The first-order valence-corrected chi connectivity index (χ1v) is 16.3. The van der Waals surface area contributed by atoms with Crippen LogP contribution in [0.5, 0.6) is 0 Å². The summed E-state index contributed by atoms with van der Waals surface area (Å²) in [7, 11) is -17.0. The summed E-state index contributed by atoms with van der Waals surface area (Å²) in [4.78, 5) is 73.9. The topological polar surface area (TPSA) is 199 Å². The Morgan fingerprint density at radius 1 is 0.846 bits per heavy atom. The highest BCUT2D eigenvalue weighted by atomic mass is 31.2. The van der Waals surface area contributed by atoms with Crippen LogP contribution in [0.3, 0.4) is 0 Å². The Kier molecular flexibility index (Phi) is 10.6. The highest BCUT2D eigenvalue weighted by Gasteiger charge is 2.66. The van der Waals surface area contributed by atoms with Gasteiger partial charge >= 0.3 is 22.8 Å². The van der Waals surface area contributed by atoms with Crippen LogP contribution in [0.15, 0.2) is 90.8 Å². The van der Waals surface area contributed by atoms with E-state index in [1.807, 2.05) is 0 Å². The SMILES string of the molecule is C=C/C=C/CC/C=C(/C(C)(C)OC(c1ccc(C(=O)c2ccccc2)cc1)(P(=O)(O)O)P(=O)(O)O)P(=O)(O)O. The molecule has 0 spiro atoms. The average Bonchev–Trinajstić information content (AvgIpc) is 2.82. The van der Waals surface area contributed by atoms with Crippen LogP contribution in [0, 0.1) is 0 Å². The molecule has 0 atom stereocenters. The van der Waals surface area contributed by atoms with E-state index in [1.54, 1.807) is 42.5 Å². The number of carbonyl (C=O) groups is 1. The Morgan fingerprint density at radius 3 is 1.82 bits per heavy atom. The molecule has 0 aliphatic carbocycles. The summed E-state index contributed by atoms with van der Waals surface area (Å²) >= 11 is 0. The third kappa shape index (κ3) is 7.69. The smallest absolute Gasteiger partial charge is 0.337 e. The number of ketones is 1. The summed E-state index contributed by atoms with van der Waals surface area (Å²) in [6, 6.07) is 12.1. The van der Waals surface area contributed by atoms with Gasteiger partial charge in [-0.1, -0.05) is 85.5 Å². The molecule has 14 heteroatoms. The minimum atomic E-state index is -5.95. The lowest BCUT2D eigenvalue weighted by Crippen LogP contribution is -2.40. The van der Waals surface area contributed by atoms with Crippen LogP contribution >= 0.6 is 22.8 Å². The molecule has 0 saturated heterocycles. The van der Waals surface area contributed by atoms with Crippen LogP contribution in [-0.2, 0) is 23.5 Å². The second-order valence-corrected chi connectivity index (χ2v) is 14.3. The highest BCUT2D eigenvalue weighted by Crippen LogP contribution is 2.76. The van der Waals surface area contributed by atoms with Crippen LogP contribution < -0.4 is 0 Å². The lowest BCUT2D eigenvalue weighted by atomic mass is 10.0. The van der Waals surface area contributed by atoms with Gasteiger partial charge in [0, 0.05) is 16.7 Å². The predicted octanol–water partition coefficient (Wildman–Crippen LogP) is 4.76. The molecule has 0 bridgehead atoms. The van der Waals surface area contributed by atoms with Crippen LogP contribution in [0.25, 0.3) is 0 Å². The van der Waals surface area contributed by atoms with E-state index in [0.717, 1.165) is 44.2 Å². The second-order valence-electron chi connectivity index (χ2n) is 8.96. The number of hydrogen-bond acceptors (Lipinski definition) is 5. The van der Waals surface area contributed by atoms with E-state index in [-0.39, 0.29) is 12.0 Å². The summed E-state index contributed by atoms with van der Waals surface area (Å²) in [6.45, 7) is 5.57. The first-order chi connectivity index (χ1) is 17.9.